The number of nitrogens with zero attached hydrogens (tertiary/aromatic N) is 1. The number of imidazole rings is 1. The minimum atomic E-state index is -0.605. The van der Waals surface area contributed by atoms with Gasteiger partial charge in [0.2, 0.25) is 0 Å². The molecule has 16 heavy (non-hydrogen) atoms. The molecule has 3 nitrogen and oxygen atoms in total. The first-order chi connectivity index (χ1) is 7.66. The topological polar surface area (TPSA) is 40.7 Å². The van der Waals surface area contributed by atoms with E-state index < -0.39 is 5.82 Å². The Kier molecular flexibility index (Phi) is 3.31. The molecule has 0 aliphatic heterocycles. The summed E-state index contributed by atoms with van der Waals surface area (Å²) in [7, 11) is 0. The highest BCUT2D eigenvalue weighted by Crippen LogP contribution is 2.27. The predicted octanol–water partition coefficient (Wildman–Crippen LogP) is 3.47. The SMILES string of the molecule is Fc1c(Cl)cc(NCc2ncc[nH]2)cc1Cl. The van der Waals surface area contributed by atoms with Crippen LogP contribution in [-0.2, 0) is 6.54 Å². The molecule has 0 saturated heterocycles. The van der Waals surface area contributed by atoms with Crippen LogP contribution in [0.15, 0.2) is 24.5 Å². The van der Waals surface area contributed by atoms with E-state index in [2.05, 4.69) is 15.3 Å². The van der Waals surface area contributed by atoms with Gasteiger partial charge in [0.25, 0.3) is 0 Å². The van der Waals surface area contributed by atoms with Crippen molar-refractivity contribution in [3.05, 3.63) is 46.2 Å². The van der Waals surface area contributed by atoms with Crippen LogP contribution < -0.4 is 5.32 Å². The molecule has 6 heteroatoms. The largest absolute Gasteiger partial charge is 0.378 e. The van der Waals surface area contributed by atoms with Gasteiger partial charge in [0.1, 0.15) is 5.82 Å². The van der Waals surface area contributed by atoms with Gasteiger partial charge in [-0.3, -0.25) is 0 Å². The quantitative estimate of drug-likeness (QED) is 0.829. The maximum atomic E-state index is 13.1. The Hall–Kier alpha value is -1.26. The Labute approximate surface area is 102 Å². The maximum Gasteiger partial charge on any atom is 0.160 e. The molecule has 1 aromatic carbocycles. The zero-order valence-corrected chi connectivity index (χ0v) is 9.61. The number of nitrogens with one attached hydrogen (secondary N) is 2. The molecule has 2 aromatic rings. The molecule has 0 unspecified atom stereocenters. The summed E-state index contributed by atoms with van der Waals surface area (Å²) < 4.78 is 13.1. The van der Waals surface area contributed by atoms with Crippen molar-refractivity contribution >= 4 is 28.9 Å². The van der Waals surface area contributed by atoms with Gasteiger partial charge in [0.05, 0.1) is 16.6 Å². The zero-order chi connectivity index (χ0) is 11.5. The smallest absolute Gasteiger partial charge is 0.160 e. The lowest BCUT2D eigenvalue weighted by molar-refractivity contribution is 0.629. The zero-order valence-electron chi connectivity index (χ0n) is 8.10. The van der Waals surface area contributed by atoms with Crippen LogP contribution in [0, 0.1) is 5.82 Å². The molecular formula is C10H8Cl2FN3. The fourth-order valence-corrected chi connectivity index (χ4v) is 1.73. The van der Waals surface area contributed by atoms with Gasteiger partial charge in [-0.25, -0.2) is 9.37 Å². The van der Waals surface area contributed by atoms with Crippen LogP contribution in [0.2, 0.25) is 10.0 Å². The average Bonchev–Trinajstić information content (AvgIpc) is 2.75. The average molecular weight is 260 g/mol. The van der Waals surface area contributed by atoms with E-state index in [1.807, 2.05) is 0 Å². The molecule has 0 saturated carbocycles. The Morgan fingerprint density at radius 1 is 1.31 bits per heavy atom. The number of halogens is 3. The fourth-order valence-electron chi connectivity index (χ4n) is 1.24. The summed E-state index contributed by atoms with van der Waals surface area (Å²) in [5.41, 5.74) is 0.646. The molecule has 0 bridgehead atoms. The van der Waals surface area contributed by atoms with Crippen LogP contribution in [0.3, 0.4) is 0 Å². The van der Waals surface area contributed by atoms with Crippen molar-refractivity contribution in [1.82, 2.24) is 9.97 Å². The van der Waals surface area contributed by atoms with E-state index in [-0.39, 0.29) is 10.0 Å². The number of H-pyrrole nitrogens is 1. The summed E-state index contributed by atoms with van der Waals surface area (Å²) >= 11 is 11.3. The molecule has 0 aliphatic rings. The molecular weight excluding hydrogens is 252 g/mol. The number of anilines is 1. The molecule has 0 atom stereocenters. The second-order valence-electron chi connectivity index (χ2n) is 3.14. The second kappa shape index (κ2) is 4.72. The first-order valence-electron chi connectivity index (χ1n) is 4.53. The summed E-state index contributed by atoms with van der Waals surface area (Å²) in [4.78, 5) is 6.97. The van der Waals surface area contributed by atoms with Crippen LogP contribution >= 0.6 is 23.2 Å². The van der Waals surface area contributed by atoms with E-state index in [9.17, 15) is 4.39 Å². The van der Waals surface area contributed by atoms with Crippen LogP contribution in [0.5, 0.6) is 0 Å². The summed E-state index contributed by atoms with van der Waals surface area (Å²) in [6.07, 6.45) is 3.38. The minimum Gasteiger partial charge on any atom is -0.378 e. The number of benzene rings is 1. The lowest BCUT2D eigenvalue weighted by Crippen LogP contribution is -2.01. The molecule has 1 heterocycles. The molecule has 0 fully saturated rings. The van der Waals surface area contributed by atoms with Crippen molar-refractivity contribution < 1.29 is 4.39 Å². The van der Waals surface area contributed by atoms with Gasteiger partial charge < -0.3 is 10.3 Å². The molecule has 1 aromatic heterocycles. The number of aromatic nitrogens is 2. The van der Waals surface area contributed by atoms with Crippen molar-refractivity contribution in [3.63, 3.8) is 0 Å². The molecule has 0 aliphatic carbocycles. The summed E-state index contributed by atoms with van der Waals surface area (Å²) in [6, 6.07) is 2.96. The summed E-state index contributed by atoms with van der Waals surface area (Å²) in [6.45, 7) is 0.491. The van der Waals surface area contributed by atoms with Crippen molar-refractivity contribution in [2.45, 2.75) is 6.54 Å². The highest BCUT2D eigenvalue weighted by Gasteiger charge is 2.07. The molecule has 2 rings (SSSR count). The van der Waals surface area contributed by atoms with Gasteiger partial charge in [-0.2, -0.15) is 0 Å². The van der Waals surface area contributed by atoms with E-state index >= 15 is 0 Å². The standard InChI is InChI=1S/C10H8Cl2FN3/c11-7-3-6(4-8(12)10(7)13)16-5-9-14-1-2-15-9/h1-4,16H,5H2,(H,14,15). The highest BCUT2D eigenvalue weighted by atomic mass is 35.5. The summed E-state index contributed by atoms with van der Waals surface area (Å²) in [5.74, 6) is 0.170. The van der Waals surface area contributed by atoms with Crippen LogP contribution in [0.1, 0.15) is 5.82 Å². The number of rotatable bonds is 3. The van der Waals surface area contributed by atoms with Gasteiger partial charge in [0, 0.05) is 18.1 Å². The van der Waals surface area contributed by atoms with Crippen LogP contribution in [-0.4, -0.2) is 9.97 Å². The van der Waals surface area contributed by atoms with Gasteiger partial charge >= 0.3 is 0 Å². The molecule has 0 spiro atoms. The predicted molar refractivity (Wildman–Crippen MR) is 62.3 cm³/mol. The van der Waals surface area contributed by atoms with E-state index in [0.717, 1.165) is 5.82 Å². The second-order valence-corrected chi connectivity index (χ2v) is 3.96. The molecule has 0 amide bonds. The van der Waals surface area contributed by atoms with Crippen molar-refractivity contribution in [2.75, 3.05) is 5.32 Å². The monoisotopic (exact) mass is 259 g/mol. The number of hydrogen-bond donors (Lipinski definition) is 2. The van der Waals surface area contributed by atoms with E-state index in [1.165, 1.54) is 12.1 Å². The third kappa shape index (κ3) is 2.46. The van der Waals surface area contributed by atoms with Crippen molar-refractivity contribution in [1.29, 1.82) is 0 Å². The Balaban J connectivity index is 2.10. The lowest BCUT2D eigenvalue weighted by atomic mass is 10.3. The minimum absolute atomic E-state index is 0.00514. The molecule has 84 valence electrons. The fraction of sp³-hybridized carbons (Fsp3) is 0.100. The lowest BCUT2D eigenvalue weighted by Gasteiger charge is -2.06. The Morgan fingerprint density at radius 2 is 2.00 bits per heavy atom. The third-order valence-corrected chi connectivity index (χ3v) is 2.55. The first-order valence-corrected chi connectivity index (χ1v) is 5.29. The van der Waals surface area contributed by atoms with Gasteiger partial charge in [-0.1, -0.05) is 23.2 Å². The van der Waals surface area contributed by atoms with Crippen molar-refractivity contribution in [2.24, 2.45) is 0 Å². The van der Waals surface area contributed by atoms with E-state index in [4.69, 9.17) is 23.2 Å². The summed E-state index contributed by atoms with van der Waals surface area (Å²) in [5, 5.41) is 3.02. The highest BCUT2D eigenvalue weighted by molar-refractivity contribution is 6.35. The number of hydrogen-bond acceptors (Lipinski definition) is 2. The van der Waals surface area contributed by atoms with Crippen LogP contribution in [0.4, 0.5) is 10.1 Å². The normalized spacial score (nSPS) is 10.4. The van der Waals surface area contributed by atoms with Crippen molar-refractivity contribution in [3.8, 4) is 0 Å². The van der Waals surface area contributed by atoms with Gasteiger partial charge in [-0.15, -0.1) is 0 Å². The molecule has 2 N–H and O–H groups in total. The van der Waals surface area contributed by atoms with Gasteiger partial charge in [-0.05, 0) is 12.1 Å². The van der Waals surface area contributed by atoms with E-state index in [0.29, 0.717) is 12.2 Å². The van der Waals surface area contributed by atoms with Gasteiger partial charge in [0.15, 0.2) is 5.82 Å². The van der Waals surface area contributed by atoms with E-state index in [1.54, 1.807) is 12.4 Å². The maximum absolute atomic E-state index is 13.1. The number of aromatic amines is 1. The third-order valence-electron chi connectivity index (χ3n) is 2.00. The van der Waals surface area contributed by atoms with Crippen LogP contribution in [0.25, 0.3) is 0 Å². The Bertz CT molecular complexity index is 462. The Morgan fingerprint density at radius 3 is 2.56 bits per heavy atom. The molecule has 0 radical (unpaired) electrons. The first kappa shape index (κ1) is 11.2.